The standard InChI is InChI=1S/C15H18O4/c1-7-6-18-13(17)15(7)5-9-4-10-11(19-10)8(2)14(9,3)12(15)16/h8-11H,1,4-6H2,2-3H3/t8-,9-,10+,11-,14-,15+/m1/s1. The molecule has 2 heterocycles. The number of esters is 1. The second-order valence-electron chi connectivity index (χ2n) is 6.76. The minimum atomic E-state index is -1.05. The van der Waals surface area contributed by atoms with Gasteiger partial charge >= 0.3 is 5.97 Å². The molecule has 19 heavy (non-hydrogen) atoms. The predicted molar refractivity (Wildman–Crippen MR) is 66.2 cm³/mol. The van der Waals surface area contributed by atoms with E-state index in [0.29, 0.717) is 18.1 Å². The van der Waals surface area contributed by atoms with E-state index in [1.807, 2.05) is 6.92 Å². The minimum absolute atomic E-state index is 0.0268. The van der Waals surface area contributed by atoms with E-state index in [-0.39, 0.29) is 36.3 Å². The summed E-state index contributed by atoms with van der Waals surface area (Å²) in [6.07, 6.45) is 1.95. The smallest absolute Gasteiger partial charge is 0.324 e. The molecule has 4 aliphatic rings. The van der Waals surface area contributed by atoms with Crippen LogP contribution < -0.4 is 0 Å². The van der Waals surface area contributed by atoms with E-state index in [0.717, 1.165) is 6.42 Å². The molecule has 0 aromatic carbocycles. The van der Waals surface area contributed by atoms with E-state index >= 15 is 0 Å². The van der Waals surface area contributed by atoms with E-state index in [1.165, 1.54) is 0 Å². The topological polar surface area (TPSA) is 55.9 Å². The summed E-state index contributed by atoms with van der Waals surface area (Å²) >= 11 is 0. The van der Waals surface area contributed by atoms with E-state index in [4.69, 9.17) is 9.47 Å². The molecule has 0 amide bonds. The fraction of sp³-hybridized carbons (Fsp3) is 0.733. The molecule has 0 N–H and O–H groups in total. The Morgan fingerprint density at radius 2 is 2.11 bits per heavy atom. The van der Waals surface area contributed by atoms with Crippen LogP contribution in [0, 0.1) is 22.7 Å². The molecule has 0 radical (unpaired) electrons. The molecule has 1 spiro atoms. The van der Waals surface area contributed by atoms with Crippen LogP contribution in [0.2, 0.25) is 0 Å². The van der Waals surface area contributed by atoms with Gasteiger partial charge in [-0.2, -0.15) is 0 Å². The summed E-state index contributed by atoms with van der Waals surface area (Å²) in [5, 5.41) is 0. The summed E-state index contributed by atoms with van der Waals surface area (Å²) in [4.78, 5) is 25.2. The Kier molecular flexibility index (Phi) is 1.91. The highest BCUT2D eigenvalue weighted by molar-refractivity contribution is 6.12. The molecule has 4 heteroatoms. The highest BCUT2D eigenvalue weighted by Crippen LogP contribution is 2.65. The number of carbonyl (C=O) groups is 2. The number of rotatable bonds is 0. The molecule has 0 aromatic rings. The summed E-state index contributed by atoms with van der Waals surface area (Å²) in [5.41, 5.74) is -0.867. The number of cyclic esters (lactones) is 1. The molecular formula is C15H18O4. The molecule has 4 fully saturated rings. The number of Topliss-reactive ketones (excluding diaryl/α,β-unsaturated/α-hetero) is 1. The minimum Gasteiger partial charge on any atom is -0.460 e. The van der Waals surface area contributed by atoms with Crippen molar-refractivity contribution >= 4 is 11.8 Å². The molecule has 2 saturated carbocycles. The van der Waals surface area contributed by atoms with Gasteiger partial charge in [-0.15, -0.1) is 0 Å². The summed E-state index contributed by atoms with van der Waals surface area (Å²) < 4.78 is 10.8. The zero-order chi connectivity index (χ0) is 13.6. The SMILES string of the molecule is C=C1COC(=O)[C@@]12C[C@H]1C[C@@H]3O[C@@H]3[C@@H](C)[C@@]1(C)C2=O. The van der Waals surface area contributed by atoms with Gasteiger partial charge in [0.2, 0.25) is 0 Å². The normalized spacial score (nSPS) is 55.2. The van der Waals surface area contributed by atoms with Gasteiger partial charge in [-0.25, -0.2) is 0 Å². The van der Waals surface area contributed by atoms with Crippen LogP contribution in [0.4, 0.5) is 0 Å². The maximum Gasteiger partial charge on any atom is 0.324 e. The van der Waals surface area contributed by atoms with Crippen LogP contribution in [0.5, 0.6) is 0 Å². The summed E-state index contributed by atoms with van der Waals surface area (Å²) in [5.74, 6) is 0.0318. The molecule has 102 valence electrons. The van der Waals surface area contributed by atoms with Crippen LogP contribution in [-0.4, -0.2) is 30.6 Å². The number of hydrogen-bond donors (Lipinski definition) is 0. The zero-order valence-corrected chi connectivity index (χ0v) is 11.3. The third-order valence-electron chi connectivity index (χ3n) is 6.18. The molecule has 2 aliphatic heterocycles. The zero-order valence-electron chi connectivity index (χ0n) is 11.3. The van der Waals surface area contributed by atoms with Crippen LogP contribution in [0.25, 0.3) is 0 Å². The first kappa shape index (κ1) is 11.6. The van der Waals surface area contributed by atoms with Gasteiger partial charge in [0.1, 0.15) is 6.61 Å². The van der Waals surface area contributed by atoms with Crippen molar-refractivity contribution in [2.75, 3.05) is 6.61 Å². The molecule has 0 bridgehead atoms. The van der Waals surface area contributed by atoms with Crippen molar-refractivity contribution in [3.8, 4) is 0 Å². The summed E-state index contributed by atoms with van der Waals surface area (Å²) in [7, 11) is 0. The van der Waals surface area contributed by atoms with Crippen LogP contribution in [0.1, 0.15) is 26.7 Å². The van der Waals surface area contributed by atoms with Crippen molar-refractivity contribution in [3.63, 3.8) is 0 Å². The molecule has 0 unspecified atom stereocenters. The Balaban J connectivity index is 1.83. The van der Waals surface area contributed by atoms with Crippen LogP contribution >= 0.6 is 0 Å². The predicted octanol–water partition coefficient (Wildman–Crippen LogP) is 1.49. The number of epoxide rings is 1. The van der Waals surface area contributed by atoms with Crippen molar-refractivity contribution in [2.45, 2.75) is 38.9 Å². The third-order valence-corrected chi connectivity index (χ3v) is 6.18. The number of ketones is 1. The van der Waals surface area contributed by atoms with E-state index < -0.39 is 10.8 Å². The van der Waals surface area contributed by atoms with Gasteiger partial charge in [0.15, 0.2) is 11.2 Å². The average Bonchev–Trinajstić information content (AvgIpc) is 3.05. The fourth-order valence-electron chi connectivity index (χ4n) is 4.66. The lowest BCUT2D eigenvalue weighted by Crippen LogP contribution is -2.46. The highest BCUT2D eigenvalue weighted by atomic mass is 16.6. The molecule has 4 rings (SSSR count). The first-order valence-corrected chi connectivity index (χ1v) is 6.98. The largest absolute Gasteiger partial charge is 0.460 e. The molecule has 2 aliphatic carbocycles. The third kappa shape index (κ3) is 1.07. The summed E-state index contributed by atoms with van der Waals surface area (Å²) in [6, 6.07) is 0. The lowest BCUT2D eigenvalue weighted by molar-refractivity contribution is -0.151. The Labute approximate surface area is 112 Å². The van der Waals surface area contributed by atoms with Gasteiger partial charge in [-0.3, -0.25) is 9.59 Å². The van der Waals surface area contributed by atoms with Crippen LogP contribution in [0.3, 0.4) is 0 Å². The van der Waals surface area contributed by atoms with Crippen molar-refractivity contribution < 1.29 is 19.1 Å². The molecular weight excluding hydrogens is 244 g/mol. The second-order valence-corrected chi connectivity index (χ2v) is 6.76. The molecule has 0 aromatic heterocycles. The molecule has 2 saturated heterocycles. The number of ether oxygens (including phenoxy) is 2. The van der Waals surface area contributed by atoms with Crippen molar-refractivity contribution in [1.82, 2.24) is 0 Å². The summed E-state index contributed by atoms with van der Waals surface area (Å²) in [6.45, 7) is 8.23. The monoisotopic (exact) mass is 262 g/mol. The number of hydrogen-bond acceptors (Lipinski definition) is 4. The second kappa shape index (κ2) is 3.11. The maximum absolute atomic E-state index is 13.1. The average molecular weight is 262 g/mol. The van der Waals surface area contributed by atoms with Crippen LogP contribution in [0.15, 0.2) is 12.2 Å². The quantitative estimate of drug-likeness (QED) is 0.287. The van der Waals surface area contributed by atoms with Crippen molar-refractivity contribution in [3.05, 3.63) is 12.2 Å². The Morgan fingerprint density at radius 1 is 1.37 bits per heavy atom. The van der Waals surface area contributed by atoms with Gasteiger partial charge in [0.05, 0.1) is 12.2 Å². The van der Waals surface area contributed by atoms with Gasteiger partial charge in [-0.05, 0) is 30.3 Å². The Hall–Kier alpha value is -1.16. The van der Waals surface area contributed by atoms with Gasteiger partial charge in [0.25, 0.3) is 0 Å². The maximum atomic E-state index is 13.1. The Morgan fingerprint density at radius 3 is 2.74 bits per heavy atom. The highest BCUT2D eigenvalue weighted by Gasteiger charge is 2.73. The molecule has 6 atom stereocenters. The van der Waals surface area contributed by atoms with Gasteiger partial charge in [-0.1, -0.05) is 20.4 Å². The fourth-order valence-corrected chi connectivity index (χ4v) is 4.66. The lowest BCUT2D eigenvalue weighted by Gasteiger charge is -2.38. The van der Waals surface area contributed by atoms with Crippen molar-refractivity contribution in [1.29, 1.82) is 0 Å². The number of fused-ring (bicyclic) bond motifs is 2. The van der Waals surface area contributed by atoms with E-state index in [1.54, 1.807) is 0 Å². The number of carbonyl (C=O) groups excluding carboxylic acids is 2. The first-order valence-electron chi connectivity index (χ1n) is 6.98. The van der Waals surface area contributed by atoms with E-state index in [9.17, 15) is 9.59 Å². The Bertz CT molecular complexity index is 506. The van der Waals surface area contributed by atoms with E-state index in [2.05, 4.69) is 13.5 Å². The molecule has 4 nitrogen and oxygen atoms in total. The van der Waals surface area contributed by atoms with Gasteiger partial charge < -0.3 is 9.47 Å². The lowest BCUT2D eigenvalue weighted by atomic mass is 9.62. The van der Waals surface area contributed by atoms with Gasteiger partial charge in [0, 0.05) is 5.41 Å². The van der Waals surface area contributed by atoms with Crippen molar-refractivity contribution in [2.24, 2.45) is 22.7 Å². The van der Waals surface area contributed by atoms with Crippen LogP contribution in [-0.2, 0) is 19.1 Å². The first-order chi connectivity index (χ1) is 8.92.